The lowest BCUT2D eigenvalue weighted by Crippen LogP contribution is -2.54. The summed E-state index contributed by atoms with van der Waals surface area (Å²) in [6.45, 7) is 6.31. The Morgan fingerprint density at radius 2 is 1.70 bits per heavy atom. The molecule has 3 aliphatic heterocycles. The number of carbonyl (C=O) groups excluding carboxylic acids is 1. The third-order valence-corrected chi connectivity index (χ3v) is 9.86. The van der Waals surface area contributed by atoms with E-state index in [0.29, 0.717) is 37.6 Å². The fourth-order valence-corrected chi connectivity index (χ4v) is 7.33. The maximum atomic E-state index is 12.4. The second-order valence-corrected chi connectivity index (χ2v) is 13.9. The molecule has 0 radical (unpaired) electrons. The van der Waals surface area contributed by atoms with Crippen molar-refractivity contribution < 1.29 is 40.6 Å². The summed E-state index contributed by atoms with van der Waals surface area (Å²) in [7, 11) is -3.91. The van der Waals surface area contributed by atoms with Crippen molar-refractivity contribution in [3.63, 3.8) is 0 Å². The normalized spacial score (nSPS) is 18.9. The average Bonchev–Trinajstić information content (AvgIpc) is 3.33. The van der Waals surface area contributed by atoms with E-state index in [1.807, 2.05) is 22.9 Å². The van der Waals surface area contributed by atoms with E-state index in [9.17, 15) is 26.4 Å². The molecule has 1 amide bonds. The van der Waals surface area contributed by atoms with Gasteiger partial charge in [-0.3, -0.25) is 9.69 Å². The second kappa shape index (κ2) is 13.6. The number of rotatable bonds is 10. The van der Waals surface area contributed by atoms with Gasteiger partial charge in [0.1, 0.15) is 23.9 Å². The molecule has 0 saturated carbocycles. The Kier molecular flexibility index (Phi) is 9.17. The van der Waals surface area contributed by atoms with Gasteiger partial charge in [0.15, 0.2) is 0 Å². The molecule has 3 aromatic rings. The summed E-state index contributed by atoms with van der Waals surface area (Å²) < 4.78 is 81.3. The predicted octanol–water partition coefficient (Wildman–Crippen LogP) is 2.15. The number of aryl methyl sites for hydroxylation is 1. The van der Waals surface area contributed by atoms with E-state index in [1.54, 1.807) is 4.90 Å². The molecule has 4 heterocycles. The number of benzene rings is 2. The number of alkyl halides is 3. The van der Waals surface area contributed by atoms with Gasteiger partial charge in [-0.05, 0) is 54.3 Å². The van der Waals surface area contributed by atoms with Gasteiger partial charge >= 0.3 is 22.5 Å². The molecule has 2 fully saturated rings. The Morgan fingerprint density at radius 1 is 0.960 bits per heavy atom. The van der Waals surface area contributed by atoms with E-state index in [1.165, 1.54) is 24.3 Å². The van der Waals surface area contributed by atoms with Crippen LogP contribution in [0.5, 0.6) is 11.5 Å². The van der Waals surface area contributed by atoms with Gasteiger partial charge < -0.3 is 29.7 Å². The lowest BCUT2D eigenvalue weighted by Gasteiger charge is -2.39. The third-order valence-electron chi connectivity index (χ3n) is 9.01. The number of amides is 1. The Morgan fingerprint density at radius 3 is 2.40 bits per heavy atom. The van der Waals surface area contributed by atoms with Crippen LogP contribution in [-0.2, 0) is 39.2 Å². The van der Waals surface area contributed by atoms with Crippen LogP contribution >= 0.6 is 0 Å². The first-order chi connectivity index (χ1) is 23.9. The molecule has 18 heteroatoms. The highest BCUT2D eigenvalue weighted by Gasteiger charge is 2.38. The predicted molar refractivity (Wildman–Crippen MR) is 176 cm³/mol. The number of hydrogen-bond donors (Lipinski definition) is 2. The van der Waals surface area contributed by atoms with Gasteiger partial charge in [0, 0.05) is 62.9 Å². The maximum absolute atomic E-state index is 12.4. The first kappa shape index (κ1) is 33.8. The number of piperazine rings is 1. The van der Waals surface area contributed by atoms with Gasteiger partial charge in [-0.1, -0.05) is 12.1 Å². The zero-order chi connectivity index (χ0) is 35.0. The van der Waals surface area contributed by atoms with E-state index in [4.69, 9.17) is 15.2 Å². The number of nitrogens with zero attached hydrogens (tertiary/aromatic N) is 6. The van der Waals surface area contributed by atoms with Crippen molar-refractivity contribution in [1.29, 1.82) is 0 Å². The lowest BCUT2D eigenvalue weighted by atomic mass is 9.88. The fourth-order valence-electron chi connectivity index (χ4n) is 6.53. The first-order valence-corrected chi connectivity index (χ1v) is 17.6. The van der Waals surface area contributed by atoms with E-state index in [0.717, 1.165) is 73.8 Å². The number of anilines is 2. The van der Waals surface area contributed by atoms with Gasteiger partial charge in [0.05, 0.1) is 18.9 Å². The van der Waals surface area contributed by atoms with Gasteiger partial charge in [-0.25, -0.2) is 9.71 Å². The summed E-state index contributed by atoms with van der Waals surface area (Å²) in [6, 6.07) is 11.4. The summed E-state index contributed by atoms with van der Waals surface area (Å²) in [5.41, 5.74) is 10.8. The third kappa shape index (κ3) is 7.71. The molecule has 0 bridgehead atoms. The van der Waals surface area contributed by atoms with Crippen molar-refractivity contribution in [2.24, 2.45) is 10.3 Å². The molecule has 7 rings (SSSR count). The number of fused-ring (bicyclic) bond motifs is 3. The van der Waals surface area contributed by atoms with E-state index < -0.39 is 22.5 Å². The largest absolute Gasteiger partial charge is 0.573 e. The van der Waals surface area contributed by atoms with Crippen LogP contribution in [0.1, 0.15) is 16.7 Å². The molecule has 2 saturated heterocycles. The molecule has 14 nitrogen and oxygen atoms in total. The zero-order valence-electron chi connectivity index (χ0n) is 26.9. The van der Waals surface area contributed by atoms with Crippen molar-refractivity contribution in [2.75, 3.05) is 69.7 Å². The highest BCUT2D eigenvalue weighted by Crippen LogP contribution is 2.39. The number of halogens is 3. The minimum absolute atomic E-state index is 0.0552. The SMILES string of the molecule is Nc1nc2c(c(N3CCN(CCOCC4CN(C5=NS(=O)(=O)NC5=O)C4)CC3)n1)CCc1cc(OCc3ccc(OC(F)(F)F)cc3)ccc1-2. The number of nitrogens with two attached hydrogens (primary N) is 1. The number of ether oxygens (including phenoxy) is 3. The molecule has 0 atom stereocenters. The molecule has 0 unspecified atom stereocenters. The number of likely N-dealkylation sites (tertiary alicyclic amines) is 1. The van der Waals surface area contributed by atoms with Crippen LogP contribution in [0.4, 0.5) is 24.9 Å². The van der Waals surface area contributed by atoms with Crippen molar-refractivity contribution in [2.45, 2.75) is 25.8 Å². The van der Waals surface area contributed by atoms with Crippen molar-refractivity contribution in [3.05, 3.63) is 59.2 Å². The molecule has 1 aromatic heterocycles. The number of hydrogen-bond acceptors (Lipinski definition) is 12. The highest BCUT2D eigenvalue weighted by molar-refractivity contribution is 7.89. The lowest BCUT2D eigenvalue weighted by molar-refractivity contribution is -0.274. The molecule has 0 spiro atoms. The minimum Gasteiger partial charge on any atom is -0.489 e. The number of carbonyl (C=O) groups is 1. The van der Waals surface area contributed by atoms with Gasteiger partial charge in [-0.2, -0.15) is 13.4 Å². The fraction of sp³-hybridized carbons (Fsp3) is 0.438. The summed E-state index contributed by atoms with van der Waals surface area (Å²) in [6.07, 6.45) is -3.24. The van der Waals surface area contributed by atoms with Crippen LogP contribution in [0.3, 0.4) is 0 Å². The van der Waals surface area contributed by atoms with Crippen LogP contribution in [0, 0.1) is 5.92 Å². The average molecular weight is 717 g/mol. The molecule has 1 aliphatic carbocycles. The number of nitrogen functional groups attached to an aromatic ring is 1. The first-order valence-electron chi connectivity index (χ1n) is 16.1. The number of aromatic nitrogens is 2. The van der Waals surface area contributed by atoms with E-state index >= 15 is 0 Å². The van der Waals surface area contributed by atoms with Crippen molar-refractivity contribution >= 4 is 33.7 Å². The minimum atomic E-state index is -4.74. The quantitative estimate of drug-likeness (QED) is 0.294. The Balaban J connectivity index is 0.888. The Labute approximate surface area is 286 Å². The Hall–Kier alpha value is -4.68. The molecular weight excluding hydrogens is 681 g/mol. The van der Waals surface area contributed by atoms with Crippen LogP contribution in [0.15, 0.2) is 46.9 Å². The Bertz CT molecular complexity index is 1900. The van der Waals surface area contributed by atoms with E-state index in [-0.39, 0.29) is 30.1 Å². The topological polar surface area (TPSA) is 165 Å². The van der Waals surface area contributed by atoms with Crippen molar-refractivity contribution in [3.8, 4) is 22.8 Å². The van der Waals surface area contributed by atoms with Gasteiger partial charge in [0.25, 0.3) is 0 Å². The summed E-state index contributed by atoms with van der Waals surface area (Å²) in [5.74, 6) is 0.889. The van der Waals surface area contributed by atoms with Crippen LogP contribution in [0.25, 0.3) is 11.3 Å². The van der Waals surface area contributed by atoms with Gasteiger partial charge in [0.2, 0.25) is 11.8 Å². The number of amidine groups is 1. The molecule has 50 heavy (non-hydrogen) atoms. The smallest absolute Gasteiger partial charge is 0.489 e. The number of nitrogens with one attached hydrogen (secondary N) is 1. The molecule has 3 N–H and O–H groups in total. The summed E-state index contributed by atoms with van der Waals surface area (Å²) in [4.78, 5) is 27.3. The monoisotopic (exact) mass is 716 g/mol. The molecule has 266 valence electrons. The maximum Gasteiger partial charge on any atom is 0.573 e. The summed E-state index contributed by atoms with van der Waals surface area (Å²) in [5, 5.41) is 0. The standard InChI is InChI=1S/C32H35F3N8O6S/c33-32(34,35)49-23-4-1-20(2-5-23)19-48-24-6-8-25-22(15-24)3-7-26-27(25)37-31(36)38-28(26)42-11-9-41(10-12-42)13-14-47-18-21-16-43(17-21)29-30(44)40-50(45,46)39-29/h1-2,4-6,8,15,21H,3,7,9-14,16-19H2,(H,40,44)(H2,36,37,38). The van der Waals surface area contributed by atoms with Crippen LogP contribution in [0.2, 0.25) is 0 Å². The molecule has 2 aromatic carbocycles. The summed E-state index contributed by atoms with van der Waals surface area (Å²) >= 11 is 0. The van der Waals surface area contributed by atoms with E-state index in [2.05, 4.69) is 28.9 Å². The second-order valence-electron chi connectivity index (χ2n) is 12.5. The molecule has 4 aliphatic rings. The van der Waals surface area contributed by atoms with Crippen LogP contribution in [-0.4, -0.2) is 105 Å². The highest BCUT2D eigenvalue weighted by atomic mass is 32.2. The zero-order valence-corrected chi connectivity index (χ0v) is 27.7. The van der Waals surface area contributed by atoms with Gasteiger partial charge in [-0.15, -0.1) is 17.6 Å². The molecular formula is C32H35F3N8O6S. The van der Waals surface area contributed by atoms with Crippen molar-refractivity contribution in [1.82, 2.24) is 24.5 Å². The van der Waals surface area contributed by atoms with Crippen LogP contribution < -0.4 is 24.8 Å².